The molecule has 19 heteroatoms. The zero-order chi connectivity index (χ0) is 27.5. The van der Waals surface area contributed by atoms with Crippen molar-refractivity contribution in [1.82, 2.24) is 9.55 Å². The molecule has 37 heavy (non-hydrogen) atoms. The SMILES string of the molecule is Cc1cn([C@H]2CC(N=[N+]=[N-])[C@@H](C(O)OP(=O)(O)OCC[C@H]3O[C@H](CO)[C@@H](O)[C@H](O)[C@@H]3O)O2)c(=O)[nH]c1=O. The van der Waals surface area contributed by atoms with Crippen molar-refractivity contribution in [3.05, 3.63) is 43.0 Å². The van der Waals surface area contributed by atoms with Crippen LogP contribution in [0.4, 0.5) is 0 Å². The highest BCUT2D eigenvalue weighted by molar-refractivity contribution is 7.47. The molecule has 2 aliphatic heterocycles. The lowest BCUT2D eigenvalue weighted by Gasteiger charge is -2.40. The Morgan fingerprint density at radius 3 is 2.59 bits per heavy atom. The van der Waals surface area contributed by atoms with E-state index in [2.05, 4.69) is 15.0 Å². The molecule has 0 radical (unpaired) electrons. The number of rotatable bonds is 10. The number of ether oxygens (including phenoxy) is 2. The number of nitrogens with zero attached hydrogens (tertiary/aromatic N) is 4. The van der Waals surface area contributed by atoms with Crippen molar-refractivity contribution in [3.8, 4) is 0 Å². The van der Waals surface area contributed by atoms with E-state index in [0.717, 1.165) is 4.57 Å². The number of azide groups is 1. The van der Waals surface area contributed by atoms with Crippen molar-refractivity contribution in [2.75, 3.05) is 13.2 Å². The van der Waals surface area contributed by atoms with Gasteiger partial charge >= 0.3 is 13.5 Å². The van der Waals surface area contributed by atoms with Crippen molar-refractivity contribution in [1.29, 1.82) is 0 Å². The molecule has 0 aliphatic carbocycles. The minimum absolute atomic E-state index is 0.145. The molecule has 0 aromatic carbocycles. The predicted octanol–water partition coefficient (Wildman–Crippen LogP) is -2.50. The number of hydrogen-bond donors (Lipinski definition) is 7. The van der Waals surface area contributed by atoms with Gasteiger partial charge in [-0.15, -0.1) is 0 Å². The summed E-state index contributed by atoms with van der Waals surface area (Å²) < 4.78 is 33.6. The molecular weight excluding hydrogens is 525 g/mol. The van der Waals surface area contributed by atoms with Crippen LogP contribution in [0.5, 0.6) is 0 Å². The zero-order valence-corrected chi connectivity index (χ0v) is 20.3. The molecule has 2 aliphatic rings. The van der Waals surface area contributed by atoms with Gasteiger partial charge in [0, 0.05) is 29.5 Å². The average Bonchev–Trinajstić information content (AvgIpc) is 3.25. The molecular formula is C18H28N5O13P. The molecule has 1 aromatic heterocycles. The van der Waals surface area contributed by atoms with E-state index in [-0.39, 0.29) is 18.4 Å². The van der Waals surface area contributed by atoms with Gasteiger partial charge in [-0.3, -0.25) is 23.4 Å². The van der Waals surface area contributed by atoms with E-state index in [0.29, 0.717) is 0 Å². The fourth-order valence-corrected chi connectivity index (χ4v) is 4.80. The van der Waals surface area contributed by atoms with Gasteiger partial charge in [-0.1, -0.05) is 5.11 Å². The molecule has 18 nitrogen and oxygen atoms in total. The van der Waals surface area contributed by atoms with Crippen LogP contribution >= 0.6 is 7.82 Å². The highest BCUT2D eigenvalue weighted by atomic mass is 31.2. The molecule has 7 N–H and O–H groups in total. The lowest BCUT2D eigenvalue weighted by atomic mass is 9.94. The van der Waals surface area contributed by atoms with E-state index in [9.17, 15) is 44.6 Å². The highest BCUT2D eigenvalue weighted by Crippen LogP contribution is 2.46. The summed E-state index contributed by atoms with van der Waals surface area (Å²) in [5.41, 5.74) is 7.56. The van der Waals surface area contributed by atoms with Crippen LogP contribution in [0.3, 0.4) is 0 Å². The summed E-state index contributed by atoms with van der Waals surface area (Å²) in [6, 6.07) is -1.14. The van der Waals surface area contributed by atoms with Crippen LogP contribution in [0, 0.1) is 6.92 Å². The fraction of sp³-hybridized carbons (Fsp3) is 0.778. The molecule has 2 saturated heterocycles. The second kappa shape index (κ2) is 12.1. The second-order valence-electron chi connectivity index (χ2n) is 8.50. The Morgan fingerprint density at radius 2 is 1.95 bits per heavy atom. The first-order chi connectivity index (χ1) is 17.4. The van der Waals surface area contributed by atoms with Crippen LogP contribution in [0.1, 0.15) is 24.6 Å². The van der Waals surface area contributed by atoms with Gasteiger partial charge in [0.1, 0.15) is 36.7 Å². The summed E-state index contributed by atoms with van der Waals surface area (Å²) >= 11 is 0. The Kier molecular flexibility index (Phi) is 9.62. The Bertz CT molecular complexity index is 1150. The minimum atomic E-state index is -4.98. The first kappa shape index (κ1) is 29.4. The van der Waals surface area contributed by atoms with Gasteiger partial charge in [0.25, 0.3) is 5.56 Å². The lowest BCUT2D eigenvalue weighted by Crippen LogP contribution is -2.58. The second-order valence-corrected chi connectivity index (χ2v) is 9.90. The van der Waals surface area contributed by atoms with E-state index < -0.39 is 87.5 Å². The summed E-state index contributed by atoms with van der Waals surface area (Å²) in [4.78, 5) is 38.5. The van der Waals surface area contributed by atoms with Crippen molar-refractivity contribution in [2.24, 2.45) is 5.11 Å². The maximum atomic E-state index is 12.4. The number of aryl methyl sites for hydroxylation is 1. The van der Waals surface area contributed by atoms with Crippen LogP contribution in [0.15, 0.2) is 20.9 Å². The van der Waals surface area contributed by atoms with Crippen molar-refractivity contribution < 1.29 is 53.5 Å². The Balaban J connectivity index is 1.62. The van der Waals surface area contributed by atoms with E-state index >= 15 is 0 Å². The number of hydrogen-bond acceptors (Lipinski definition) is 13. The Hall–Kier alpha value is -2.18. The van der Waals surface area contributed by atoms with E-state index in [1.165, 1.54) is 13.1 Å². The summed E-state index contributed by atoms with van der Waals surface area (Å²) in [6.45, 7) is 0.201. The highest BCUT2D eigenvalue weighted by Gasteiger charge is 2.45. The standard InChI is InChI=1S/C18H28N5O13P/c1-7-5-23(18(30)20-16(7)28)11-4-8(21-22-19)15(35-11)17(29)36-37(31,32)33-3-2-9-12(25)14(27)13(26)10(6-24)34-9/h5,8-15,17,24-27,29H,2-4,6H2,1H3,(H,31,32)(H,20,28,30)/t8?,9-,10-,11-,12-,13-,14-,15+,17?/m1/s1. The van der Waals surface area contributed by atoms with Gasteiger partial charge in [0.2, 0.25) is 0 Å². The molecule has 0 bridgehead atoms. The predicted molar refractivity (Wildman–Crippen MR) is 119 cm³/mol. The molecule has 1 aromatic rings. The molecule has 0 saturated carbocycles. The number of H-pyrrole nitrogens is 1. The van der Waals surface area contributed by atoms with Crippen molar-refractivity contribution in [3.63, 3.8) is 0 Å². The van der Waals surface area contributed by atoms with Crippen molar-refractivity contribution >= 4 is 7.82 Å². The molecule has 3 unspecified atom stereocenters. The first-order valence-electron chi connectivity index (χ1n) is 11.0. The molecule has 3 heterocycles. The van der Waals surface area contributed by atoms with Gasteiger partial charge in [0.15, 0.2) is 6.29 Å². The minimum Gasteiger partial charge on any atom is -0.394 e. The van der Waals surface area contributed by atoms with Gasteiger partial charge in [0.05, 0.1) is 25.4 Å². The van der Waals surface area contributed by atoms with Crippen LogP contribution in [-0.2, 0) is 23.1 Å². The number of phosphoric acid groups is 1. The maximum absolute atomic E-state index is 12.4. The molecule has 0 amide bonds. The number of phosphoric ester groups is 1. The number of aliphatic hydroxyl groups excluding tert-OH is 5. The zero-order valence-electron chi connectivity index (χ0n) is 19.4. The maximum Gasteiger partial charge on any atom is 0.474 e. The molecule has 2 fully saturated rings. The van der Waals surface area contributed by atoms with Crippen molar-refractivity contribution in [2.45, 2.75) is 74.9 Å². The van der Waals surface area contributed by atoms with Crippen LogP contribution in [-0.4, -0.2) is 102 Å². The van der Waals surface area contributed by atoms with Crippen LogP contribution < -0.4 is 11.2 Å². The summed E-state index contributed by atoms with van der Waals surface area (Å²) in [5, 5.41) is 52.7. The smallest absolute Gasteiger partial charge is 0.394 e. The van der Waals surface area contributed by atoms with Gasteiger partial charge in [-0.2, -0.15) is 0 Å². The third-order valence-electron chi connectivity index (χ3n) is 5.96. The molecule has 10 atom stereocenters. The quantitative estimate of drug-likeness (QED) is 0.0519. The Morgan fingerprint density at radius 1 is 1.27 bits per heavy atom. The van der Waals surface area contributed by atoms with Crippen LogP contribution in [0.2, 0.25) is 0 Å². The normalized spacial score (nSPS) is 34.5. The summed E-state index contributed by atoms with van der Waals surface area (Å²) in [7, 11) is -4.98. The largest absolute Gasteiger partial charge is 0.474 e. The number of nitrogens with one attached hydrogen (secondary N) is 1. The van der Waals surface area contributed by atoms with E-state index in [1.807, 2.05) is 0 Å². The monoisotopic (exact) mass is 553 g/mol. The third kappa shape index (κ3) is 6.83. The van der Waals surface area contributed by atoms with Gasteiger partial charge in [-0.25, -0.2) is 9.36 Å². The third-order valence-corrected chi connectivity index (χ3v) is 6.95. The summed E-state index contributed by atoms with van der Waals surface area (Å²) in [6.07, 6.45) is -11.2. The molecule has 208 valence electrons. The lowest BCUT2D eigenvalue weighted by molar-refractivity contribution is -0.231. The average molecular weight is 553 g/mol. The summed E-state index contributed by atoms with van der Waals surface area (Å²) in [5.74, 6) is 0. The fourth-order valence-electron chi connectivity index (χ4n) is 4.01. The topological polar surface area (TPSA) is 279 Å². The number of aromatic nitrogens is 2. The van der Waals surface area contributed by atoms with Gasteiger partial charge in [-0.05, 0) is 12.5 Å². The first-order valence-corrected chi connectivity index (χ1v) is 12.5. The van der Waals surface area contributed by atoms with Crippen LogP contribution in [0.25, 0.3) is 10.4 Å². The Labute approximate surface area is 207 Å². The number of aliphatic hydroxyl groups is 5. The molecule has 3 rings (SSSR count). The van der Waals surface area contributed by atoms with E-state index in [4.69, 9.17) is 24.1 Å². The molecule has 0 spiro atoms. The van der Waals surface area contributed by atoms with Gasteiger partial charge < -0.3 is 39.9 Å². The number of aromatic amines is 1. The van der Waals surface area contributed by atoms with E-state index in [1.54, 1.807) is 0 Å².